The van der Waals surface area contributed by atoms with Crippen molar-refractivity contribution in [2.24, 2.45) is 0 Å². The molecule has 0 heterocycles. The first kappa shape index (κ1) is 87.3. The van der Waals surface area contributed by atoms with Gasteiger partial charge in [-0.1, -0.05) is 489 Å². The van der Waals surface area contributed by atoms with Gasteiger partial charge in [-0.25, -0.2) is 0 Å². The number of fused-ring (bicyclic) bond motifs is 18. The molecule has 0 spiro atoms. The molecule has 0 amide bonds. The quantitative estimate of drug-likeness (QED) is 0.0650. The van der Waals surface area contributed by atoms with Gasteiger partial charge in [0.15, 0.2) is 0 Å². The van der Waals surface area contributed by atoms with Crippen LogP contribution in [0.5, 0.6) is 0 Å². The van der Waals surface area contributed by atoms with E-state index in [-0.39, 0.29) is 0 Å². The van der Waals surface area contributed by atoms with Gasteiger partial charge in [-0.05, 0) is 351 Å². The Morgan fingerprint density at radius 1 is 0.181 bits per heavy atom. The Morgan fingerprint density at radius 2 is 0.465 bits per heavy atom. The second-order valence-corrected chi connectivity index (χ2v) is 46.0. The number of hydrogen-bond acceptors (Lipinski definition) is 0. The molecule has 0 atom stereocenters. The molecular weight excluding hydrogens is 1750 g/mol. The molecule has 0 aliphatic heterocycles. The Kier molecular flexibility index (Phi) is 22.0. The normalized spacial score (nSPS) is 12.5. The highest BCUT2D eigenvalue weighted by Crippen LogP contribution is 2.53. The smallest absolute Gasteiger partial charge is 0.0656 e. The molecule has 0 N–H and O–H groups in total. The molecule has 27 aromatic rings. The minimum Gasteiger partial charge on any atom is -0.0656 e. The van der Waals surface area contributed by atoms with Crippen LogP contribution >= 0.6 is 0 Å². The third kappa shape index (κ3) is 15.1. The SMILES string of the molecule is CC(C)c1c2ccccc2cc2ccc3c(-c4ccc5c(-c6ccccc6)c6ccccc6c(-c6ccccc6)c5c4)cccc3c12.C[Si](C)(C)c1c2ccccc2cc2c1ccc1c(-c3ccc4c(-c5ccccc5)c5ccccc5c(-c5ccccc5)c4c3)cccc12.c1ccc(-c2c3ccccc3c(-c3ccccc3)c3cc(-c4cccc5c4cc(C4CCCC4)c4cc6ccccc6cc45)ccc23)cc1. The van der Waals surface area contributed by atoms with Crippen molar-refractivity contribution in [3.8, 4) is 100 Å². The molecule has 0 nitrogen and oxygen atoms in total. The number of hydrogen-bond donors (Lipinski definition) is 0. The first-order valence-electron chi connectivity index (χ1n) is 51.4. The Balaban J connectivity index is 0.000000110. The fourth-order valence-corrected chi connectivity index (χ4v) is 27.1. The van der Waals surface area contributed by atoms with Gasteiger partial charge in [0.05, 0.1) is 8.07 Å². The van der Waals surface area contributed by atoms with Crippen molar-refractivity contribution in [1.29, 1.82) is 0 Å². The van der Waals surface area contributed by atoms with Gasteiger partial charge >= 0.3 is 0 Å². The third-order valence-corrected chi connectivity index (χ3v) is 33.3. The van der Waals surface area contributed by atoms with Gasteiger partial charge in [-0.2, -0.15) is 0 Å². The Morgan fingerprint density at radius 3 is 0.868 bits per heavy atom. The van der Waals surface area contributed by atoms with Crippen molar-refractivity contribution in [1.82, 2.24) is 0 Å². The topological polar surface area (TPSA) is 0 Å². The molecule has 28 rings (SSSR count). The maximum absolute atomic E-state index is 2.57. The fraction of sp³-hybridized carbons (Fsp3) is 0.0769. The van der Waals surface area contributed by atoms with Crippen molar-refractivity contribution >= 4 is 175 Å². The summed E-state index contributed by atoms with van der Waals surface area (Å²) in [6.07, 6.45) is 5.21. The van der Waals surface area contributed by atoms with Crippen LogP contribution in [0.4, 0.5) is 0 Å². The summed E-state index contributed by atoms with van der Waals surface area (Å²) in [4.78, 5) is 0. The van der Waals surface area contributed by atoms with Crippen molar-refractivity contribution in [3.05, 3.63) is 503 Å². The van der Waals surface area contributed by atoms with Gasteiger partial charge in [0.25, 0.3) is 0 Å². The van der Waals surface area contributed by atoms with E-state index in [2.05, 4.69) is 525 Å². The monoisotopic (exact) mass is 1850 g/mol. The summed E-state index contributed by atoms with van der Waals surface area (Å²) in [7, 11) is -1.65. The predicted molar refractivity (Wildman–Crippen MR) is 629 cm³/mol. The molecule has 1 saturated carbocycles. The molecule has 682 valence electrons. The van der Waals surface area contributed by atoms with Crippen LogP contribution in [0.25, 0.3) is 262 Å². The van der Waals surface area contributed by atoms with E-state index in [1.54, 1.807) is 5.19 Å². The van der Waals surface area contributed by atoms with Crippen molar-refractivity contribution in [2.45, 2.75) is 71.0 Å². The van der Waals surface area contributed by atoms with E-state index in [4.69, 9.17) is 0 Å². The fourth-order valence-electron chi connectivity index (χ4n) is 25.0. The highest BCUT2D eigenvalue weighted by Gasteiger charge is 2.29. The third-order valence-electron chi connectivity index (χ3n) is 31.2. The summed E-state index contributed by atoms with van der Waals surface area (Å²) in [6.45, 7) is 12.1. The van der Waals surface area contributed by atoms with Gasteiger partial charge in [0.1, 0.15) is 0 Å². The zero-order chi connectivity index (χ0) is 96.2. The molecule has 0 saturated heterocycles. The van der Waals surface area contributed by atoms with E-state index in [1.807, 2.05) is 0 Å². The maximum Gasteiger partial charge on any atom is 0.0792 e. The van der Waals surface area contributed by atoms with Crippen LogP contribution < -0.4 is 5.19 Å². The van der Waals surface area contributed by atoms with Gasteiger partial charge < -0.3 is 0 Å². The maximum atomic E-state index is 2.57. The van der Waals surface area contributed by atoms with Crippen LogP contribution in [-0.2, 0) is 0 Å². The molecule has 144 heavy (non-hydrogen) atoms. The molecular formula is C143H106Si. The molecule has 1 aliphatic rings. The Hall–Kier alpha value is -16.9. The van der Waals surface area contributed by atoms with Crippen LogP contribution in [0.3, 0.4) is 0 Å². The zero-order valence-electron chi connectivity index (χ0n) is 81.7. The lowest BCUT2D eigenvalue weighted by atomic mass is 9.83. The van der Waals surface area contributed by atoms with E-state index >= 15 is 0 Å². The van der Waals surface area contributed by atoms with Gasteiger partial charge in [0.2, 0.25) is 0 Å². The molecule has 0 radical (unpaired) electrons. The highest BCUT2D eigenvalue weighted by molar-refractivity contribution is 6.92. The van der Waals surface area contributed by atoms with E-state index < -0.39 is 8.07 Å². The second-order valence-electron chi connectivity index (χ2n) is 41.0. The van der Waals surface area contributed by atoms with Gasteiger partial charge in [-0.3, -0.25) is 0 Å². The van der Waals surface area contributed by atoms with Crippen molar-refractivity contribution < 1.29 is 0 Å². The summed E-state index contributed by atoms with van der Waals surface area (Å²) in [6, 6.07) is 183. The molecule has 1 aliphatic carbocycles. The van der Waals surface area contributed by atoms with Crippen LogP contribution in [-0.4, -0.2) is 8.07 Å². The Labute approximate surface area is 842 Å². The minimum atomic E-state index is -1.65. The van der Waals surface area contributed by atoms with Crippen LogP contribution in [0, 0.1) is 0 Å². The second kappa shape index (κ2) is 36.3. The lowest BCUT2D eigenvalue weighted by molar-refractivity contribution is 0.730. The molecule has 1 heteroatoms. The first-order valence-corrected chi connectivity index (χ1v) is 54.9. The van der Waals surface area contributed by atoms with Gasteiger partial charge in [-0.15, -0.1) is 0 Å². The number of benzene rings is 27. The molecule has 0 unspecified atom stereocenters. The van der Waals surface area contributed by atoms with E-state index in [0.29, 0.717) is 11.8 Å². The van der Waals surface area contributed by atoms with E-state index in [0.717, 1.165) is 0 Å². The van der Waals surface area contributed by atoms with Crippen LogP contribution in [0.2, 0.25) is 19.6 Å². The van der Waals surface area contributed by atoms with E-state index in [1.165, 1.54) is 299 Å². The van der Waals surface area contributed by atoms with Crippen molar-refractivity contribution in [3.63, 3.8) is 0 Å². The Bertz CT molecular complexity index is 9800. The summed E-state index contributed by atoms with van der Waals surface area (Å²) in [5, 5.41) is 41.2. The highest BCUT2D eigenvalue weighted by atomic mass is 28.3. The van der Waals surface area contributed by atoms with Gasteiger partial charge in [0, 0.05) is 0 Å². The molecule has 27 aromatic carbocycles. The molecule has 0 aromatic heterocycles. The lowest BCUT2D eigenvalue weighted by Gasteiger charge is -2.23. The molecule has 0 bridgehead atoms. The largest absolute Gasteiger partial charge is 0.0792 e. The average Bonchev–Trinajstić information content (AvgIpc) is 0.862. The summed E-state index contributed by atoms with van der Waals surface area (Å²) < 4.78 is 0. The first-order chi connectivity index (χ1) is 71.0. The molecule has 1 fully saturated rings. The van der Waals surface area contributed by atoms with Crippen LogP contribution in [0.1, 0.15) is 62.5 Å². The van der Waals surface area contributed by atoms with Crippen molar-refractivity contribution in [2.75, 3.05) is 0 Å². The summed E-state index contributed by atoms with van der Waals surface area (Å²) in [5.41, 5.74) is 25.8. The summed E-state index contributed by atoms with van der Waals surface area (Å²) >= 11 is 0. The predicted octanol–water partition coefficient (Wildman–Crippen LogP) is 40.7. The minimum absolute atomic E-state index is 0.400. The van der Waals surface area contributed by atoms with Crippen LogP contribution in [0.15, 0.2) is 491 Å². The lowest BCUT2D eigenvalue weighted by Crippen LogP contribution is -2.38. The number of rotatable bonds is 12. The standard InChI is InChI=1S/C49H36.C47H36Si.C47H34/c1-3-16-33(17-4-1)48-40-22-11-12-23-41(40)49(34-18-5-2-6-19-34)47-30-37(26-27-42(47)48)38-24-13-25-39-44-28-35-20-9-10-21-36(35)29-45(44)43(31-46(38)39)32-14-7-8-15-32;1-48(2,3)47-36-20-11-10-19-33(36)29-43-37-24-14-23-35(38(37)27-28-42(43)47)34-25-26-41-44(30-34)46(32-17-8-5-9-18-32)40-22-13-12-21-39(40)45(41)31-15-6-4-7-16-31;1-30(2)44-37-19-10-9-18-33(37)28-35-25-26-38-36(22-13-23-39(38)47(35)44)34-24-27-42-43(29-34)46(32-16-7-4-8-17-32)41-21-12-11-20-40(41)45(42)31-14-5-3-6-15-31/h1-6,9-13,16-32H,7-8,14-15H2;4-30H,1-3H3;3-30H,1-2H3. The van der Waals surface area contributed by atoms with E-state index in [9.17, 15) is 0 Å². The zero-order valence-corrected chi connectivity index (χ0v) is 82.7. The average molecular weight is 1850 g/mol. The summed E-state index contributed by atoms with van der Waals surface area (Å²) in [5.74, 6) is 1.01.